The van der Waals surface area contributed by atoms with Crippen LogP contribution >= 0.6 is 28.6 Å². The molecule has 1 aromatic carbocycles. The van der Waals surface area contributed by atoms with Gasteiger partial charge in [0.05, 0.1) is 5.56 Å². The minimum atomic E-state index is 0.0831. The zero-order chi connectivity index (χ0) is 15.4. The van der Waals surface area contributed by atoms with Crippen LogP contribution < -0.4 is 0 Å². The Hall–Kier alpha value is -0.560. The van der Waals surface area contributed by atoms with Gasteiger partial charge in [-0.1, -0.05) is 15.9 Å². The van der Waals surface area contributed by atoms with Crippen LogP contribution in [0, 0.1) is 0 Å². The molecular formula is C15H22BrN3OS. The highest BCUT2D eigenvalue weighted by Crippen LogP contribution is 2.21. The zero-order valence-corrected chi connectivity index (χ0v) is 15.0. The molecule has 0 bridgehead atoms. The Morgan fingerprint density at radius 3 is 2.52 bits per heavy atom. The third kappa shape index (κ3) is 4.71. The van der Waals surface area contributed by atoms with Gasteiger partial charge in [0.15, 0.2) is 0 Å². The topological polar surface area (TPSA) is 26.8 Å². The van der Waals surface area contributed by atoms with Gasteiger partial charge in [-0.25, -0.2) is 0 Å². The fourth-order valence-electron chi connectivity index (χ4n) is 2.37. The molecule has 0 aliphatic carbocycles. The molecule has 0 radical (unpaired) electrons. The second-order valence-corrected chi connectivity index (χ2v) is 7.00. The average Bonchev–Trinajstić information content (AvgIpc) is 2.45. The summed E-state index contributed by atoms with van der Waals surface area (Å²) in [5.41, 5.74) is 0.684. The van der Waals surface area contributed by atoms with E-state index in [0.717, 1.165) is 48.6 Å². The van der Waals surface area contributed by atoms with Crippen LogP contribution in [0.5, 0.6) is 0 Å². The highest BCUT2D eigenvalue weighted by molar-refractivity contribution is 9.10. The van der Waals surface area contributed by atoms with E-state index in [4.69, 9.17) is 0 Å². The molecule has 1 fully saturated rings. The van der Waals surface area contributed by atoms with Crippen LogP contribution in [-0.4, -0.2) is 74.0 Å². The smallest absolute Gasteiger partial charge is 0.255 e. The van der Waals surface area contributed by atoms with Crippen LogP contribution in [0.1, 0.15) is 10.4 Å². The highest BCUT2D eigenvalue weighted by atomic mass is 79.9. The molecule has 2 rings (SSSR count). The Morgan fingerprint density at radius 2 is 1.95 bits per heavy atom. The van der Waals surface area contributed by atoms with Crippen LogP contribution in [0.3, 0.4) is 0 Å². The summed E-state index contributed by atoms with van der Waals surface area (Å²) in [6, 6.07) is 5.59. The van der Waals surface area contributed by atoms with E-state index < -0.39 is 0 Å². The monoisotopic (exact) mass is 371 g/mol. The number of carbonyl (C=O) groups excluding carboxylic acids is 1. The summed E-state index contributed by atoms with van der Waals surface area (Å²) < 4.78 is 0.942. The first-order valence-corrected chi connectivity index (χ1v) is 8.36. The van der Waals surface area contributed by atoms with Gasteiger partial charge in [-0.2, -0.15) is 0 Å². The van der Waals surface area contributed by atoms with Crippen LogP contribution in [-0.2, 0) is 0 Å². The number of rotatable bonds is 4. The van der Waals surface area contributed by atoms with Crippen molar-refractivity contribution in [3.63, 3.8) is 0 Å². The maximum Gasteiger partial charge on any atom is 0.255 e. The third-order valence-corrected chi connectivity index (χ3v) is 4.58. The summed E-state index contributed by atoms with van der Waals surface area (Å²) in [4.78, 5) is 19.8. The average molecular weight is 372 g/mol. The fraction of sp³-hybridized carbons (Fsp3) is 0.533. The van der Waals surface area contributed by atoms with Crippen molar-refractivity contribution in [2.24, 2.45) is 0 Å². The Balaban J connectivity index is 1.91. The molecule has 0 saturated carbocycles. The summed E-state index contributed by atoms with van der Waals surface area (Å²) in [6.07, 6.45) is 0. The number of halogens is 1. The van der Waals surface area contributed by atoms with E-state index in [1.807, 2.05) is 23.1 Å². The van der Waals surface area contributed by atoms with Gasteiger partial charge < -0.3 is 9.80 Å². The Kier molecular flexibility index (Phi) is 6.10. The van der Waals surface area contributed by atoms with Gasteiger partial charge in [-0.3, -0.25) is 9.69 Å². The summed E-state index contributed by atoms with van der Waals surface area (Å²) in [5, 5.41) is 0. The second-order valence-electron chi connectivity index (χ2n) is 5.60. The van der Waals surface area contributed by atoms with E-state index >= 15 is 0 Å². The fourth-order valence-corrected chi connectivity index (χ4v) is 3.22. The number of nitrogens with zero attached hydrogens (tertiary/aromatic N) is 3. The zero-order valence-electron chi connectivity index (χ0n) is 12.5. The van der Waals surface area contributed by atoms with Crippen molar-refractivity contribution in [3.05, 3.63) is 28.2 Å². The molecule has 4 nitrogen and oxygen atoms in total. The molecule has 6 heteroatoms. The Morgan fingerprint density at radius 1 is 1.29 bits per heavy atom. The van der Waals surface area contributed by atoms with Gasteiger partial charge >= 0.3 is 0 Å². The van der Waals surface area contributed by atoms with Crippen molar-refractivity contribution >= 4 is 34.5 Å². The van der Waals surface area contributed by atoms with Crippen molar-refractivity contribution in [2.75, 3.05) is 53.4 Å². The number of carbonyl (C=O) groups is 1. The van der Waals surface area contributed by atoms with Crippen LogP contribution in [0.15, 0.2) is 27.6 Å². The number of amides is 1. The van der Waals surface area contributed by atoms with Crippen molar-refractivity contribution in [1.82, 2.24) is 14.7 Å². The van der Waals surface area contributed by atoms with Gasteiger partial charge in [0, 0.05) is 48.6 Å². The van der Waals surface area contributed by atoms with Gasteiger partial charge in [-0.05, 0) is 32.3 Å². The van der Waals surface area contributed by atoms with E-state index in [1.54, 1.807) is 0 Å². The van der Waals surface area contributed by atoms with Crippen molar-refractivity contribution in [3.8, 4) is 0 Å². The lowest BCUT2D eigenvalue weighted by Gasteiger charge is -2.35. The molecule has 1 aliphatic heterocycles. The van der Waals surface area contributed by atoms with Crippen LogP contribution in [0.2, 0.25) is 0 Å². The second kappa shape index (κ2) is 7.63. The number of hydrogen-bond acceptors (Lipinski definition) is 4. The lowest BCUT2D eigenvalue weighted by molar-refractivity contribution is 0.0626. The first kappa shape index (κ1) is 16.8. The van der Waals surface area contributed by atoms with E-state index in [2.05, 4.69) is 52.5 Å². The van der Waals surface area contributed by atoms with Crippen molar-refractivity contribution in [1.29, 1.82) is 0 Å². The Bertz CT molecular complexity index is 502. The normalized spacial score (nSPS) is 16.5. The molecule has 1 aromatic rings. The molecule has 116 valence electrons. The van der Waals surface area contributed by atoms with E-state index in [0.29, 0.717) is 5.56 Å². The molecule has 1 amide bonds. The number of benzene rings is 1. The van der Waals surface area contributed by atoms with Crippen LogP contribution in [0.25, 0.3) is 0 Å². The van der Waals surface area contributed by atoms with Crippen molar-refractivity contribution < 1.29 is 4.79 Å². The summed E-state index contributed by atoms with van der Waals surface area (Å²) in [5.74, 6) is 0.0831. The maximum atomic E-state index is 12.5. The minimum absolute atomic E-state index is 0.0831. The summed E-state index contributed by atoms with van der Waals surface area (Å²) in [6.45, 7) is 5.58. The molecule has 1 saturated heterocycles. The molecule has 21 heavy (non-hydrogen) atoms. The molecule has 0 unspecified atom stereocenters. The Labute approximate surface area is 140 Å². The molecule has 0 spiro atoms. The first-order chi connectivity index (χ1) is 9.97. The largest absolute Gasteiger partial charge is 0.336 e. The van der Waals surface area contributed by atoms with Gasteiger partial charge in [0.25, 0.3) is 5.91 Å². The predicted octanol–water partition coefficient (Wildman–Crippen LogP) is 2.06. The number of likely N-dealkylation sites (N-methyl/N-ethyl adjacent to an activating group) is 1. The molecule has 1 aliphatic rings. The molecule has 1 heterocycles. The molecule has 0 atom stereocenters. The van der Waals surface area contributed by atoms with Crippen LogP contribution in [0.4, 0.5) is 0 Å². The number of hydrogen-bond donors (Lipinski definition) is 1. The maximum absolute atomic E-state index is 12.5. The molecule has 0 aromatic heterocycles. The van der Waals surface area contributed by atoms with E-state index in [1.165, 1.54) is 0 Å². The quantitative estimate of drug-likeness (QED) is 0.820. The van der Waals surface area contributed by atoms with E-state index in [9.17, 15) is 4.79 Å². The SMILES string of the molecule is CN(C)CCN1CCN(C(=O)c2ccc(Br)cc2S)CC1. The highest BCUT2D eigenvalue weighted by Gasteiger charge is 2.23. The first-order valence-electron chi connectivity index (χ1n) is 7.12. The molecular weight excluding hydrogens is 350 g/mol. The van der Waals surface area contributed by atoms with Crippen molar-refractivity contribution in [2.45, 2.75) is 4.90 Å². The van der Waals surface area contributed by atoms with E-state index in [-0.39, 0.29) is 5.91 Å². The van der Waals surface area contributed by atoms with Gasteiger partial charge in [-0.15, -0.1) is 12.6 Å². The summed E-state index contributed by atoms with van der Waals surface area (Å²) in [7, 11) is 4.17. The summed E-state index contributed by atoms with van der Waals surface area (Å²) >= 11 is 7.80. The number of thiol groups is 1. The van der Waals surface area contributed by atoms with Gasteiger partial charge in [0.1, 0.15) is 0 Å². The standard InChI is InChI=1S/C15H22BrN3OS/c1-17(2)5-6-18-7-9-19(10-8-18)15(20)13-4-3-12(16)11-14(13)21/h3-4,11,21H,5-10H2,1-2H3. The van der Waals surface area contributed by atoms with Gasteiger partial charge in [0.2, 0.25) is 0 Å². The lowest BCUT2D eigenvalue weighted by atomic mass is 10.2. The minimum Gasteiger partial charge on any atom is -0.336 e. The third-order valence-electron chi connectivity index (χ3n) is 3.71. The predicted molar refractivity (Wildman–Crippen MR) is 92.3 cm³/mol. The molecule has 0 N–H and O–H groups in total. The lowest BCUT2D eigenvalue weighted by Crippen LogP contribution is -2.50. The number of piperazine rings is 1.